The zero-order valence-electron chi connectivity index (χ0n) is 12.0. The lowest BCUT2D eigenvalue weighted by molar-refractivity contribution is 0.233. The van der Waals surface area contributed by atoms with Crippen LogP contribution >= 0.6 is 11.6 Å². The first-order valence-corrected chi connectivity index (χ1v) is 7.60. The summed E-state index contributed by atoms with van der Waals surface area (Å²) in [5, 5.41) is 18.5. The van der Waals surface area contributed by atoms with Crippen LogP contribution in [0.4, 0.5) is 5.69 Å². The van der Waals surface area contributed by atoms with Gasteiger partial charge in [0.1, 0.15) is 0 Å². The summed E-state index contributed by atoms with van der Waals surface area (Å²) in [7, 11) is 0. The quantitative estimate of drug-likeness (QED) is 0.839. The van der Waals surface area contributed by atoms with Crippen molar-refractivity contribution in [1.29, 1.82) is 10.5 Å². The first-order valence-electron chi connectivity index (χ1n) is 7.22. The molecule has 1 aliphatic rings. The van der Waals surface area contributed by atoms with Crippen molar-refractivity contribution in [1.82, 2.24) is 4.90 Å². The van der Waals surface area contributed by atoms with Gasteiger partial charge in [-0.25, -0.2) is 0 Å². The maximum absolute atomic E-state index is 9.13. The predicted molar refractivity (Wildman–Crippen MR) is 84.1 cm³/mol. The van der Waals surface area contributed by atoms with E-state index in [1.54, 1.807) is 0 Å². The van der Waals surface area contributed by atoms with Crippen molar-refractivity contribution in [2.24, 2.45) is 5.92 Å². The Kier molecular flexibility index (Phi) is 5.87. The van der Waals surface area contributed by atoms with Gasteiger partial charge in [-0.15, -0.1) is 0 Å². The molecule has 5 heteroatoms. The fraction of sp³-hybridized carbons (Fsp3) is 0.500. The van der Waals surface area contributed by atoms with E-state index in [0.29, 0.717) is 12.8 Å². The highest BCUT2D eigenvalue weighted by Crippen LogP contribution is 2.20. The van der Waals surface area contributed by atoms with E-state index in [9.17, 15) is 0 Å². The van der Waals surface area contributed by atoms with Gasteiger partial charge < -0.3 is 4.90 Å². The zero-order chi connectivity index (χ0) is 15.1. The second-order valence-corrected chi connectivity index (χ2v) is 5.72. The molecule has 0 unspecified atom stereocenters. The maximum atomic E-state index is 9.13. The zero-order valence-corrected chi connectivity index (χ0v) is 12.8. The average Bonchev–Trinajstić information content (AvgIpc) is 2.53. The van der Waals surface area contributed by atoms with E-state index in [-0.39, 0.29) is 5.92 Å². The fourth-order valence-electron chi connectivity index (χ4n) is 2.59. The van der Waals surface area contributed by atoms with Gasteiger partial charge in [0.25, 0.3) is 0 Å². The summed E-state index contributed by atoms with van der Waals surface area (Å²) in [4.78, 5) is 4.65. The molecular formula is C16H19ClN4. The average molecular weight is 303 g/mol. The molecule has 21 heavy (non-hydrogen) atoms. The maximum Gasteiger partial charge on any atom is 0.0669 e. The van der Waals surface area contributed by atoms with Crippen LogP contribution in [0.2, 0.25) is 5.02 Å². The van der Waals surface area contributed by atoms with Crippen molar-refractivity contribution in [2.75, 3.05) is 37.6 Å². The van der Waals surface area contributed by atoms with Gasteiger partial charge in [-0.3, -0.25) is 4.90 Å². The molecule has 1 aromatic carbocycles. The van der Waals surface area contributed by atoms with Crippen molar-refractivity contribution in [2.45, 2.75) is 12.8 Å². The number of nitriles is 2. The highest BCUT2D eigenvalue weighted by atomic mass is 35.5. The van der Waals surface area contributed by atoms with Gasteiger partial charge >= 0.3 is 0 Å². The highest BCUT2D eigenvalue weighted by Gasteiger charge is 2.20. The molecule has 0 aromatic heterocycles. The molecule has 1 heterocycles. The normalized spacial score (nSPS) is 17.0. The summed E-state index contributed by atoms with van der Waals surface area (Å²) < 4.78 is 0. The van der Waals surface area contributed by atoms with E-state index in [1.807, 2.05) is 24.3 Å². The molecule has 0 aliphatic carbocycles. The van der Waals surface area contributed by atoms with Gasteiger partial charge in [-0.2, -0.15) is 10.5 Å². The van der Waals surface area contributed by atoms with Crippen LogP contribution in [0.3, 0.4) is 0 Å². The number of rotatable bonds is 5. The molecule has 2 rings (SSSR count). The second kappa shape index (κ2) is 7.88. The molecule has 1 saturated heterocycles. The van der Waals surface area contributed by atoms with E-state index in [0.717, 1.165) is 37.7 Å². The molecule has 1 aliphatic heterocycles. The van der Waals surface area contributed by atoms with Crippen LogP contribution in [-0.2, 0) is 0 Å². The van der Waals surface area contributed by atoms with Crippen LogP contribution in [-0.4, -0.2) is 37.6 Å². The molecule has 0 N–H and O–H groups in total. The summed E-state index contributed by atoms with van der Waals surface area (Å²) in [6.45, 7) is 4.59. The number of halogens is 1. The highest BCUT2D eigenvalue weighted by molar-refractivity contribution is 6.30. The number of anilines is 1. The van der Waals surface area contributed by atoms with Crippen molar-refractivity contribution in [3.8, 4) is 12.1 Å². The van der Waals surface area contributed by atoms with E-state index >= 15 is 0 Å². The lowest BCUT2D eigenvalue weighted by atomic mass is 10.0. The number of benzene rings is 1. The Morgan fingerprint density at radius 3 is 2.33 bits per heavy atom. The lowest BCUT2D eigenvalue weighted by Crippen LogP contribution is -2.47. The lowest BCUT2D eigenvalue weighted by Gasteiger charge is -2.36. The van der Waals surface area contributed by atoms with Crippen LogP contribution in [0.5, 0.6) is 0 Å². The molecule has 1 atom stereocenters. The molecule has 0 radical (unpaired) electrons. The predicted octanol–water partition coefficient (Wildman–Crippen LogP) is 2.91. The third-order valence-electron chi connectivity index (χ3n) is 3.83. The van der Waals surface area contributed by atoms with Gasteiger partial charge in [-0.1, -0.05) is 11.6 Å². The van der Waals surface area contributed by atoms with Gasteiger partial charge in [0.05, 0.1) is 18.1 Å². The number of hydrogen-bond acceptors (Lipinski definition) is 4. The number of nitrogens with zero attached hydrogens (tertiary/aromatic N) is 4. The van der Waals surface area contributed by atoms with E-state index in [1.165, 1.54) is 5.69 Å². The summed E-state index contributed by atoms with van der Waals surface area (Å²) in [6.07, 6.45) is 1.13. The Morgan fingerprint density at radius 1 is 1.10 bits per heavy atom. The van der Waals surface area contributed by atoms with Gasteiger partial charge in [-0.05, 0) is 30.7 Å². The topological polar surface area (TPSA) is 54.1 Å². The third-order valence-corrected chi connectivity index (χ3v) is 4.08. The van der Waals surface area contributed by atoms with E-state index in [4.69, 9.17) is 22.1 Å². The molecule has 1 aromatic rings. The smallest absolute Gasteiger partial charge is 0.0669 e. The van der Waals surface area contributed by atoms with E-state index < -0.39 is 0 Å². The molecule has 4 nitrogen and oxygen atoms in total. The summed E-state index contributed by atoms with van der Waals surface area (Å²) in [6, 6.07) is 12.3. The molecule has 0 amide bonds. The summed E-state index contributed by atoms with van der Waals surface area (Å²) >= 11 is 5.91. The Balaban J connectivity index is 1.81. The molecule has 0 bridgehead atoms. The first kappa shape index (κ1) is 15.6. The summed E-state index contributed by atoms with van der Waals surface area (Å²) in [5.74, 6) is -0.0354. The molecular weight excluding hydrogens is 284 g/mol. The van der Waals surface area contributed by atoms with Gasteiger partial charge in [0, 0.05) is 49.9 Å². The molecule has 1 fully saturated rings. The fourth-order valence-corrected chi connectivity index (χ4v) is 2.71. The SMILES string of the molecule is N#CCC[C@H](C#N)CN1CCN(c2ccc(Cl)cc2)CC1. The standard InChI is InChI=1S/C16H19ClN4/c17-15-3-5-16(6-4-15)21-10-8-20(9-11-21)13-14(12-19)2-1-7-18/h3-6,14H,1-2,8-11,13H2/t14-/m1/s1. The molecule has 110 valence electrons. The van der Waals surface area contributed by atoms with Gasteiger partial charge in [0.2, 0.25) is 0 Å². The largest absolute Gasteiger partial charge is 0.369 e. The molecule has 0 saturated carbocycles. The van der Waals surface area contributed by atoms with E-state index in [2.05, 4.69) is 21.9 Å². The Morgan fingerprint density at radius 2 is 1.76 bits per heavy atom. The second-order valence-electron chi connectivity index (χ2n) is 5.29. The van der Waals surface area contributed by atoms with Crippen LogP contribution in [0, 0.1) is 28.6 Å². The third kappa shape index (κ3) is 4.63. The van der Waals surface area contributed by atoms with Crippen LogP contribution in [0.25, 0.3) is 0 Å². The summed E-state index contributed by atoms with van der Waals surface area (Å²) in [5.41, 5.74) is 1.19. The monoisotopic (exact) mass is 302 g/mol. The van der Waals surface area contributed by atoms with Crippen LogP contribution in [0.1, 0.15) is 12.8 Å². The van der Waals surface area contributed by atoms with Crippen molar-refractivity contribution < 1.29 is 0 Å². The van der Waals surface area contributed by atoms with Gasteiger partial charge in [0.15, 0.2) is 0 Å². The van der Waals surface area contributed by atoms with Crippen molar-refractivity contribution in [3.63, 3.8) is 0 Å². The minimum Gasteiger partial charge on any atom is -0.369 e. The molecule has 0 spiro atoms. The van der Waals surface area contributed by atoms with Crippen LogP contribution < -0.4 is 4.90 Å². The Hall–Kier alpha value is -1.75. The Labute approximate surface area is 131 Å². The number of piperazine rings is 1. The number of hydrogen-bond donors (Lipinski definition) is 0. The van der Waals surface area contributed by atoms with Crippen LogP contribution in [0.15, 0.2) is 24.3 Å². The van der Waals surface area contributed by atoms with Crippen molar-refractivity contribution in [3.05, 3.63) is 29.3 Å². The minimum atomic E-state index is -0.0354. The van der Waals surface area contributed by atoms with Crippen molar-refractivity contribution >= 4 is 17.3 Å². The minimum absolute atomic E-state index is 0.0354. The first-order chi connectivity index (χ1) is 10.2. The Bertz CT molecular complexity index is 521.